The van der Waals surface area contributed by atoms with E-state index in [0.717, 1.165) is 54.1 Å². The van der Waals surface area contributed by atoms with Gasteiger partial charge in [0.1, 0.15) is 17.7 Å². The largest absolute Gasteiger partial charge is 0.497 e. The van der Waals surface area contributed by atoms with Crippen LogP contribution in [0.25, 0.3) is 11.0 Å². The van der Waals surface area contributed by atoms with Crippen LogP contribution in [-0.4, -0.2) is 48.2 Å². The highest BCUT2D eigenvalue weighted by molar-refractivity contribution is 5.74. The Balaban J connectivity index is 1.68. The third-order valence-corrected chi connectivity index (χ3v) is 5.05. The first kappa shape index (κ1) is 17.1. The van der Waals surface area contributed by atoms with Gasteiger partial charge < -0.3 is 19.4 Å². The molecule has 4 rings (SSSR count). The molecule has 0 amide bonds. The zero-order valence-corrected chi connectivity index (χ0v) is 15.3. The van der Waals surface area contributed by atoms with Gasteiger partial charge >= 0.3 is 0 Å². The van der Waals surface area contributed by atoms with Crippen molar-refractivity contribution in [1.82, 2.24) is 14.9 Å². The van der Waals surface area contributed by atoms with E-state index in [2.05, 4.69) is 23.0 Å². The Morgan fingerprint density at radius 2 is 1.92 bits per heavy atom. The van der Waals surface area contributed by atoms with Gasteiger partial charge in [0.2, 0.25) is 0 Å². The lowest BCUT2D eigenvalue weighted by atomic mass is 10.1. The van der Waals surface area contributed by atoms with E-state index in [4.69, 9.17) is 14.5 Å². The molecule has 1 aliphatic heterocycles. The molecule has 0 saturated carbocycles. The minimum absolute atomic E-state index is 0.231. The number of likely N-dealkylation sites (tertiary alicyclic amines) is 1. The predicted molar refractivity (Wildman–Crippen MR) is 103 cm³/mol. The number of methoxy groups -OCH3 is 1. The van der Waals surface area contributed by atoms with E-state index >= 15 is 0 Å². The minimum atomic E-state index is -0.231. The summed E-state index contributed by atoms with van der Waals surface area (Å²) in [4.78, 5) is 10.6. The maximum atomic E-state index is 6.56. The van der Waals surface area contributed by atoms with Crippen molar-refractivity contribution in [3.05, 3.63) is 59.9 Å². The van der Waals surface area contributed by atoms with Gasteiger partial charge in [-0.3, -0.25) is 0 Å². The quantitative estimate of drug-likeness (QED) is 0.760. The van der Waals surface area contributed by atoms with Gasteiger partial charge in [-0.25, -0.2) is 4.98 Å². The molecule has 136 valence electrons. The molecule has 1 atom stereocenters. The summed E-state index contributed by atoms with van der Waals surface area (Å²) in [5, 5.41) is 0. The molecule has 0 aliphatic carbocycles. The Labute approximate surface area is 153 Å². The number of rotatable bonds is 5. The molecule has 0 radical (unpaired) electrons. The Kier molecular flexibility index (Phi) is 4.91. The van der Waals surface area contributed by atoms with Crippen molar-refractivity contribution in [1.29, 1.82) is 0 Å². The molecule has 1 N–H and O–H groups in total. The average Bonchev–Trinajstić information content (AvgIpc) is 3.11. The minimum Gasteiger partial charge on any atom is -0.497 e. The number of H-pyrrole nitrogens is 1. The van der Waals surface area contributed by atoms with E-state index in [-0.39, 0.29) is 12.2 Å². The van der Waals surface area contributed by atoms with Crippen LogP contribution in [0.1, 0.15) is 30.3 Å². The molecule has 3 aromatic rings. The SMILES string of the molecule is COc1cccc(C(OC2CCN(C)CC2)c2nc3ccccc3[nH]2)c1. The van der Waals surface area contributed by atoms with E-state index in [9.17, 15) is 0 Å². The molecular weight excluding hydrogens is 326 g/mol. The van der Waals surface area contributed by atoms with Crippen LogP contribution in [0.5, 0.6) is 5.75 Å². The summed E-state index contributed by atoms with van der Waals surface area (Å²) in [7, 11) is 3.85. The molecule has 0 spiro atoms. The molecule has 2 heterocycles. The van der Waals surface area contributed by atoms with Crippen molar-refractivity contribution in [3.63, 3.8) is 0 Å². The number of aromatic amines is 1. The number of nitrogens with one attached hydrogen (secondary N) is 1. The van der Waals surface area contributed by atoms with Crippen LogP contribution in [0.3, 0.4) is 0 Å². The first-order valence-electron chi connectivity index (χ1n) is 9.15. The summed E-state index contributed by atoms with van der Waals surface area (Å²) in [5.41, 5.74) is 3.05. The molecule has 1 aliphatic rings. The number of nitrogens with zero attached hydrogens (tertiary/aromatic N) is 2. The maximum Gasteiger partial charge on any atom is 0.141 e. The maximum absolute atomic E-state index is 6.56. The predicted octanol–water partition coefficient (Wildman–Crippen LogP) is 3.77. The van der Waals surface area contributed by atoms with Crippen LogP contribution in [0, 0.1) is 0 Å². The van der Waals surface area contributed by atoms with Gasteiger partial charge in [0.05, 0.1) is 24.2 Å². The van der Waals surface area contributed by atoms with E-state index in [0.29, 0.717) is 0 Å². The van der Waals surface area contributed by atoms with Crippen LogP contribution >= 0.6 is 0 Å². The lowest BCUT2D eigenvalue weighted by molar-refractivity contribution is -0.0264. The first-order valence-corrected chi connectivity index (χ1v) is 9.15. The summed E-state index contributed by atoms with van der Waals surface area (Å²) < 4.78 is 12.0. The van der Waals surface area contributed by atoms with Crippen LogP contribution < -0.4 is 4.74 Å². The van der Waals surface area contributed by atoms with Gasteiger partial charge in [-0.15, -0.1) is 0 Å². The monoisotopic (exact) mass is 351 g/mol. The van der Waals surface area contributed by atoms with Crippen molar-refractivity contribution >= 4 is 11.0 Å². The van der Waals surface area contributed by atoms with Crippen LogP contribution in [0.2, 0.25) is 0 Å². The number of hydrogen-bond donors (Lipinski definition) is 1. The molecule has 1 aromatic heterocycles. The zero-order chi connectivity index (χ0) is 17.9. The molecule has 5 nitrogen and oxygen atoms in total. The first-order chi connectivity index (χ1) is 12.7. The number of ether oxygens (including phenoxy) is 2. The Bertz CT molecular complexity index is 835. The van der Waals surface area contributed by atoms with Crippen molar-refractivity contribution in [2.45, 2.75) is 25.0 Å². The van der Waals surface area contributed by atoms with Gasteiger partial charge in [0.25, 0.3) is 0 Å². The van der Waals surface area contributed by atoms with Crippen molar-refractivity contribution in [3.8, 4) is 5.75 Å². The second-order valence-corrected chi connectivity index (χ2v) is 6.93. The summed E-state index contributed by atoms with van der Waals surface area (Å²) in [6.45, 7) is 2.13. The number of hydrogen-bond acceptors (Lipinski definition) is 4. The fourth-order valence-electron chi connectivity index (χ4n) is 3.52. The molecule has 26 heavy (non-hydrogen) atoms. The van der Waals surface area contributed by atoms with Crippen molar-refractivity contribution in [2.24, 2.45) is 0 Å². The number of para-hydroxylation sites is 2. The van der Waals surface area contributed by atoms with Gasteiger partial charge in [-0.2, -0.15) is 0 Å². The number of aromatic nitrogens is 2. The normalized spacial score (nSPS) is 17.5. The van der Waals surface area contributed by atoms with Gasteiger partial charge in [-0.1, -0.05) is 24.3 Å². The third-order valence-electron chi connectivity index (χ3n) is 5.05. The van der Waals surface area contributed by atoms with Crippen LogP contribution in [0.4, 0.5) is 0 Å². The Morgan fingerprint density at radius 1 is 1.12 bits per heavy atom. The van der Waals surface area contributed by atoms with Gasteiger partial charge in [0, 0.05) is 13.1 Å². The number of fused-ring (bicyclic) bond motifs is 1. The summed E-state index contributed by atoms with van der Waals surface area (Å²) in [6.07, 6.45) is 2.08. The number of piperidine rings is 1. The van der Waals surface area contributed by atoms with E-state index < -0.39 is 0 Å². The summed E-state index contributed by atoms with van der Waals surface area (Å²) in [5.74, 6) is 1.67. The standard InChI is InChI=1S/C21H25N3O2/c1-24-12-10-16(11-13-24)26-20(15-6-5-7-17(14-15)25-2)21-22-18-8-3-4-9-19(18)23-21/h3-9,14,16,20H,10-13H2,1-2H3,(H,22,23). The summed E-state index contributed by atoms with van der Waals surface area (Å²) in [6, 6.07) is 16.2. The lowest BCUT2D eigenvalue weighted by Gasteiger charge is -2.31. The molecule has 1 saturated heterocycles. The van der Waals surface area contributed by atoms with E-state index in [1.807, 2.05) is 42.5 Å². The third kappa shape index (κ3) is 3.59. The molecule has 2 aromatic carbocycles. The highest BCUT2D eigenvalue weighted by atomic mass is 16.5. The van der Waals surface area contributed by atoms with E-state index in [1.165, 1.54) is 0 Å². The second-order valence-electron chi connectivity index (χ2n) is 6.93. The molecule has 1 unspecified atom stereocenters. The molecule has 1 fully saturated rings. The lowest BCUT2D eigenvalue weighted by Crippen LogP contribution is -2.35. The number of imidazole rings is 1. The van der Waals surface area contributed by atoms with Crippen LogP contribution in [0.15, 0.2) is 48.5 Å². The Morgan fingerprint density at radius 3 is 2.69 bits per heavy atom. The molecule has 5 heteroatoms. The van der Waals surface area contributed by atoms with E-state index in [1.54, 1.807) is 7.11 Å². The van der Waals surface area contributed by atoms with Crippen molar-refractivity contribution in [2.75, 3.05) is 27.2 Å². The van der Waals surface area contributed by atoms with Crippen LogP contribution in [-0.2, 0) is 4.74 Å². The fourth-order valence-corrected chi connectivity index (χ4v) is 3.52. The Hall–Kier alpha value is -2.37. The summed E-state index contributed by atoms with van der Waals surface area (Å²) >= 11 is 0. The van der Waals surface area contributed by atoms with Gasteiger partial charge in [-0.05, 0) is 49.7 Å². The zero-order valence-electron chi connectivity index (χ0n) is 15.3. The highest BCUT2D eigenvalue weighted by Crippen LogP contribution is 2.31. The molecular formula is C21H25N3O2. The fraction of sp³-hybridized carbons (Fsp3) is 0.381. The van der Waals surface area contributed by atoms with Gasteiger partial charge in [0.15, 0.2) is 0 Å². The van der Waals surface area contributed by atoms with Crippen molar-refractivity contribution < 1.29 is 9.47 Å². The number of benzene rings is 2. The smallest absolute Gasteiger partial charge is 0.141 e. The second kappa shape index (κ2) is 7.48. The molecule has 0 bridgehead atoms. The average molecular weight is 351 g/mol. The topological polar surface area (TPSA) is 50.4 Å². The highest BCUT2D eigenvalue weighted by Gasteiger charge is 2.26.